The summed E-state index contributed by atoms with van der Waals surface area (Å²) in [5.74, 6) is 0.814. The molecule has 1 atom stereocenters. The first-order valence-electron chi connectivity index (χ1n) is 6.24. The number of hydrogen-bond donors (Lipinski definition) is 2. The third-order valence-electron chi connectivity index (χ3n) is 3.23. The number of anilines is 1. The van der Waals surface area contributed by atoms with Gasteiger partial charge in [0.15, 0.2) is 0 Å². The van der Waals surface area contributed by atoms with Gasteiger partial charge < -0.3 is 9.52 Å². The number of carbonyl (C=O) groups excluding carboxylic acids is 1. The molecule has 0 spiro atoms. The van der Waals surface area contributed by atoms with Gasteiger partial charge in [-0.2, -0.15) is 0 Å². The fraction of sp³-hybridized carbons (Fsp3) is 0.727. The number of likely N-dealkylation sites (tertiary alicyclic amines) is 1. The first-order chi connectivity index (χ1) is 8.70. The number of aliphatic hydroxyl groups is 1. The van der Waals surface area contributed by atoms with E-state index in [4.69, 9.17) is 4.42 Å². The highest BCUT2D eigenvalue weighted by molar-refractivity contribution is 5.90. The van der Waals surface area contributed by atoms with Gasteiger partial charge >= 0.3 is 6.01 Å². The molecule has 1 unspecified atom stereocenters. The average molecular weight is 252 g/mol. The van der Waals surface area contributed by atoms with Crippen LogP contribution in [0.5, 0.6) is 0 Å². The van der Waals surface area contributed by atoms with Crippen LogP contribution in [-0.2, 0) is 4.79 Å². The van der Waals surface area contributed by atoms with Crippen LogP contribution in [0.25, 0.3) is 0 Å². The second-order valence-corrected chi connectivity index (χ2v) is 4.95. The lowest BCUT2D eigenvalue weighted by Gasteiger charge is -2.12. The minimum absolute atomic E-state index is 0.168. The van der Waals surface area contributed by atoms with Gasteiger partial charge in [0.05, 0.1) is 12.6 Å². The van der Waals surface area contributed by atoms with Crippen molar-refractivity contribution in [2.75, 3.05) is 25.0 Å². The maximum absolute atomic E-state index is 11.7. The van der Waals surface area contributed by atoms with E-state index in [0.29, 0.717) is 18.4 Å². The van der Waals surface area contributed by atoms with Crippen LogP contribution in [0.1, 0.15) is 31.1 Å². The number of β-amino-alcohol motifs (C(OH)–C–C–N with tert-alkyl or cyclic N) is 1. The predicted molar refractivity (Wildman–Crippen MR) is 62.0 cm³/mol. The Morgan fingerprint density at radius 1 is 1.44 bits per heavy atom. The standard InChI is InChI=1S/C11H16N4O3/c16-8-3-4-15(5-8)6-9(17)12-11-14-13-10(18-11)7-1-2-7/h7-8,16H,1-6H2,(H,12,14,17). The van der Waals surface area contributed by atoms with Gasteiger partial charge in [-0.1, -0.05) is 5.10 Å². The van der Waals surface area contributed by atoms with Crippen LogP contribution in [0.4, 0.5) is 6.01 Å². The van der Waals surface area contributed by atoms with Gasteiger partial charge in [-0.25, -0.2) is 0 Å². The molecule has 1 aliphatic carbocycles. The number of carbonyl (C=O) groups is 1. The van der Waals surface area contributed by atoms with Gasteiger partial charge in [-0.3, -0.25) is 15.0 Å². The highest BCUT2D eigenvalue weighted by atomic mass is 16.4. The lowest BCUT2D eigenvalue weighted by Crippen LogP contribution is -2.32. The Morgan fingerprint density at radius 3 is 2.94 bits per heavy atom. The number of aliphatic hydroxyl groups excluding tert-OH is 1. The molecule has 0 aromatic carbocycles. The summed E-state index contributed by atoms with van der Waals surface area (Å²) in [7, 11) is 0. The normalized spacial score (nSPS) is 24.4. The Labute approximate surface area is 104 Å². The fourth-order valence-electron chi connectivity index (χ4n) is 2.10. The minimum Gasteiger partial charge on any atom is -0.408 e. The highest BCUT2D eigenvalue weighted by Crippen LogP contribution is 2.39. The molecular formula is C11H16N4O3. The summed E-state index contributed by atoms with van der Waals surface area (Å²) >= 11 is 0. The van der Waals surface area contributed by atoms with Gasteiger partial charge in [-0.15, -0.1) is 5.10 Å². The minimum atomic E-state index is -0.317. The summed E-state index contributed by atoms with van der Waals surface area (Å²) in [6, 6.07) is 0.168. The van der Waals surface area contributed by atoms with E-state index in [1.165, 1.54) is 0 Å². The number of rotatable bonds is 4. The monoisotopic (exact) mass is 252 g/mol. The Balaban J connectivity index is 1.50. The zero-order chi connectivity index (χ0) is 12.5. The first-order valence-corrected chi connectivity index (χ1v) is 6.24. The third-order valence-corrected chi connectivity index (χ3v) is 3.23. The molecule has 1 aliphatic heterocycles. The van der Waals surface area contributed by atoms with Crippen molar-refractivity contribution in [3.05, 3.63) is 5.89 Å². The van der Waals surface area contributed by atoms with Crippen LogP contribution in [0.3, 0.4) is 0 Å². The lowest BCUT2D eigenvalue weighted by molar-refractivity contribution is -0.117. The van der Waals surface area contributed by atoms with Crippen LogP contribution in [0, 0.1) is 0 Å². The summed E-state index contributed by atoms with van der Waals surface area (Å²) in [6.07, 6.45) is 2.57. The van der Waals surface area contributed by atoms with Crippen molar-refractivity contribution in [2.24, 2.45) is 0 Å². The highest BCUT2D eigenvalue weighted by Gasteiger charge is 2.29. The fourth-order valence-corrected chi connectivity index (χ4v) is 2.10. The number of amides is 1. The summed E-state index contributed by atoms with van der Waals surface area (Å²) in [4.78, 5) is 13.6. The molecular weight excluding hydrogens is 236 g/mol. The zero-order valence-corrected chi connectivity index (χ0v) is 10.0. The largest absolute Gasteiger partial charge is 0.408 e. The van der Waals surface area contributed by atoms with Crippen molar-refractivity contribution in [1.82, 2.24) is 15.1 Å². The molecule has 2 N–H and O–H groups in total. The molecule has 7 heteroatoms. The molecule has 98 valence electrons. The molecule has 7 nitrogen and oxygen atoms in total. The smallest absolute Gasteiger partial charge is 0.322 e. The molecule has 3 rings (SSSR count). The Kier molecular flexibility index (Phi) is 3.00. The molecule has 0 bridgehead atoms. The summed E-state index contributed by atoms with van der Waals surface area (Å²) < 4.78 is 5.34. The summed E-state index contributed by atoms with van der Waals surface area (Å²) in [5.41, 5.74) is 0. The number of hydrogen-bond acceptors (Lipinski definition) is 6. The molecule has 1 saturated heterocycles. The molecule has 2 heterocycles. The van der Waals surface area contributed by atoms with Crippen molar-refractivity contribution in [3.63, 3.8) is 0 Å². The van der Waals surface area contributed by atoms with Crippen molar-refractivity contribution >= 4 is 11.9 Å². The Morgan fingerprint density at radius 2 is 2.28 bits per heavy atom. The van der Waals surface area contributed by atoms with Gasteiger partial charge in [0.25, 0.3) is 0 Å². The van der Waals surface area contributed by atoms with E-state index in [9.17, 15) is 9.90 Å². The summed E-state index contributed by atoms with van der Waals surface area (Å²) in [5, 5.41) is 19.6. The molecule has 0 radical (unpaired) electrons. The Bertz CT molecular complexity index is 443. The van der Waals surface area contributed by atoms with Gasteiger partial charge in [0.2, 0.25) is 11.8 Å². The molecule has 1 aromatic rings. The maximum Gasteiger partial charge on any atom is 0.322 e. The quantitative estimate of drug-likeness (QED) is 0.780. The predicted octanol–water partition coefficient (Wildman–Crippen LogP) is -0.0479. The van der Waals surface area contributed by atoms with Crippen molar-refractivity contribution < 1.29 is 14.3 Å². The first kappa shape index (κ1) is 11.6. The molecule has 2 aliphatic rings. The number of aromatic nitrogens is 2. The van der Waals surface area contributed by atoms with Crippen molar-refractivity contribution in [2.45, 2.75) is 31.3 Å². The molecule has 1 saturated carbocycles. The van der Waals surface area contributed by atoms with Gasteiger partial charge in [0.1, 0.15) is 0 Å². The van der Waals surface area contributed by atoms with Gasteiger partial charge in [-0.05, 0) is 19.3 Å². The second-order valence-electron chi connectivity index (χ2n) is 4.95. The lowest BCUT2D eigenvalue weighted by atomic mass is 10.3. The van der Waals surface area contributed by atoms with E-state index in [1.54, 1.807) is 0 Å². The van der Waals surface area contributed by atoms with E-state index in [1.807, 2.05) is 4.90 Å². The molecule has 18 heavy (non-hydrogen) atoms. The van der Waals surface area contributed by atoms with E-state index in [0.717, 1.165) is 25.8 Å². The molecule has 1 amide bonds. The zero-order valence-electron chi connectivity index (χ0n) is 10.0. The van der Waals surface area contributed by atoms with E-state index in [-0.39, 0.29) is 24.6 Å². The van der Waals surface area contributed by atoms with E-state index < -0.39 is 0 Å². The molecule has 2 fully saturated rings. The van der Waals surface area contributed by atoms with Crippen LogP contribution >= 0.6 is 0 Å². The van der Waals surface area contributed by atoms with Crippen LogP contribution < -0.4 is 5.32 Å². The SMILES string of the molecule is O=C(CN1CCC(O)C1)Nc1nnc(C2CC2)o1. The number of nitrogens with zero attached hydrogens (tertiary/aromatic N) is 3. The van der Waals surface area contributed by atoms with E-state index >= 15 is 0 Å². The van der Waals surface area contributed by atoms with E-state index in [2.05, 4.69) is 15.5 Å². The molecule has 1 aromatic heterocycles. The van der Waals surface area contributed by atoms with Crippen molar-refractivity contribution in [1.29, 1.82) is 0 Å². The van der Waals surface area contributed by atoms with Gasteiger partial charge in [0, 0.05) is 19.0 Å². The maximum atomic E-state index is 11.7. The second kappa shape index (κ2) is 4.66. The van der Waals surface area contributed by atoms with Crippen LogP contribution in [0.15, 0.2) is 4.42 Å². The van der Waals surface area contributed by atoms with Crippen LogP contribution in [0.2, 0.25) is 0 Å². The summed E-state index contributed by atoms with van der Waals surface area (Å²) in [6.45, 7) is 1.54. The average Bonchev–Trinajstić information content (AvgIpc) is 2.95. The number of nitrogens with one attached hydrogen (secondary N) is 1. The van der Waals surface area contributed by atoms with Crippen molar-refractivity contribution in [3.8, 4) is 0 Å². The third kappa shape index (κ3) is 2.68. The Hall–Kier alpha value is -1.47. The van der Waals surface area contributed by atoms with Crippen LogP contribution in [-0.4, -0.2) is 51.8 Å². The topological polar surface area (TPSA) is 91.5 Å².